The lowest BCUT2D eigenvalue weighted by atomic mass is 9.33. The molecule has 0 aromatic heterocycles. The molecule has 11 atom stereocenters. The Kier molecular flexibility index (Phi) is 7.95. The van der Waals surface area contributed by atoms with Gasteiger partial charge in [0.15, 0.2) is 5.78 Å². The number of esters is 1. The summed E-state index contributed by atoms with van der Waals surface area (Å²) in [4.78, 5) is 44.0. The van der Waals surface area contributed by atoms with E-state index in [2.05, 4.69) is 82.2 Å². The number of fused-ring (bicyclic) bond motifs is 7. The summed E-state index contributed by atoms with van der Waals surface area (Å²) in [6.07, 6.45) is 9.75. The van der Waals surface area contributed by atoms with E-state index >= 15 is 0 Å². The van der Waals surface area contributed by atoms with Crippen molar-refractivity contribution in [1.82, 2.24) is 4.90 Å². The van der Waals surface area contributed by atoms with Crippen molar-refractivity contribution >= 4 is 17.7 Å². The molecule has 5 nitrogen and oxygen atoms in total. The van der Waals surface area contributed by atoms with Gasteiger partial charge in [0, 0.05) is 24.9 Å². The Morgan fingerprint density at radius 2 is 1.51 bits per heavy atom. The van der Waals surface area contributed by atoms with Crippen LogP contribution >= 0.6 is 0 Å². The lowest BCUT2D eigenvalue weighted by Gasteiger charge is -2.70. The SMILES string of the molecule is CC(=O)O[C@@H]1CC[C@@]2(C)C(CC[C@]3(C)C2C(=O)C=C2C4[C@@H](C)[C@H](C)CC[C@]4(C)CC[C@]23C)[C@@]1(C)C(=O)N(C(C)C)C(C)C. The summed E-state index contributed by atoms with van der Waals surface area (Å²) in [6.45, 7) is 26.4. The van der Waals surface area contributed by atoms with E-state index in [-0.39, 0.29) is 57.5 Å². The second-order valence-electron chi connectivity index (χ2n) is 17.6. The van der Waals surface area contributed by atoms with Crippen molar-refractivity contribution < 1.29 is 19.1 Å². The second-order valence-corrected chi connectivity index (χ2v) is 17.6. The molecule has 3 unspecified atom stereocenters. The number of hydrogen-bond acceptors (Lipinski definition) is 4. The van der Waals surface area contributed by atoms with E-state index in [1.807, 2.05) is 4.90 Å². The van der Waals surface area contributed by atoms with Gasteiger partial charge in [-0.05, 0) is 137 Å². The van der Waals surface area contributed by atoms with Gasteiger partial charge in [-0.1, -0.05) is 47.1 Å². The standard InChI is InChI=1S/C38H61NO4/c1-22(2)39(23(3)4)33(42)38(12)29-14-18-37(11)32(35(29,9)17-15-30(38)43-26(7)40)28(41)21-27-31-25(6)24(5)13-16-34(31,8)19-20-36(27,37)10/h21-25,29-32H,13-20H2,1-12H3/t24-,25+,29?,30-,31?,32?,34-,35+,36-,37-,38-/m1/s1. The van der Waals surface area contributed by atoms with E-state index in [9.17, 15) is 14.4 Å². The first-order valence-corrected chi connectivity index (χ1v) is 17.6. The fourth-order valence-electron chi connectivity index (χ4n) is 12.4. The van der Waals surface area contributed by atoms with E-state index in [4.69, 9.17) is 4.74 Å². The molecule has 0 heterocycles. The average Bonchev–Trinajstić information content (AvgIpc) is 2.89. The Labute approximate surface area is 262 Å². The number of allylic oxidation sites excluding steroid dienone is 2. The Bertz CT molecular complexity index is 1200. The Morgan fingerprint density at radius 1 is 0.884 bits per heavy atom. The number of amides is 1. The van der Waals surface area contributed by atoms with Gasteiger partial charge in [-0.3, -0.25) is 14.4 Å². The molecule has 0 saturated heterocycles. The first-order valence-electron chi connectivity index (χ1n) is 17.6. The minimum absolute atomic E-state index is 0.0291. The molecule has 5 heteroatoms. The quantitative estimate of drug-likeness (QED) is 0.306. The highest BCUT2D eigenvalue weighted by atomic mass is 16.5. The zero-order chi connectivity index (χ0) is 32.1. The van der Waals surface area contributed by atoms with Crippen molar-refractivity contribution in [2.75, 3.05) is 0 Å². The zero-order valence-corrected chi connectivity index (χ0v) is 29.4. The van der Waals surface area contributed by atoms with Crippen molar-refractivity contribution in [2.24, 2.45) is 56.7 Å². The van der Waals surface area contributed by atoms with Crippen LogP contribution in [0.5, 0.6) is 0 Å². The molecule has 242 valence electrons. The molecule has 0 aliphatic heterocycles. The summed E-state index contributed by atoms with van der Waals surface area (Å²) in [7, 11) is 0. The maximum atomic E-state index is 14.8. The summed E-state index contributed by atoms with van der Waals surface area (Å²) in [5, 5.41) is 0. The van der Waals surface area contributed by atoms with Crippen LogP contribution in [0.25, 0.3) is 0 Å². The topological polar surface area (TPSA) is 63.7 Å². The van der Waals surface area contributed by atoms with Gasteiger partial charge in [0.25, 0.3) is 0 Å². The van der Waals surface area contributed by atoms with Gasteiger partial charge in [-0.2, -0.15) is 0 Å². The summed E-state index contributed by atoms with van der Waals surface area (Å²) in [6, 6.07) is 0.0583. The van der Waals surface area contributed by atoms with Gasteiger partial charge in [-0.25, -0.2) is 0 Å². The summed E-state index contributed by atoms with van der Waals surface area (Å²) in [5.74, 6) is 1.54. The molecule has 0 spiro atoms. The minimum atomic E-state index is -0.891. The van der Waals surface area contributed by atoms with Gasteiger partial charge in [0.05, 0.1) is 5.41 Å². The normalized spacial score (nSPS) is 47.6. The molecule has 43 heavy (non-hydrogen) atoms. The molecule has 0 radical (unpaired) electrons. The van der Waals surface area contributed by atoms with Crippen LogP contribution in [0.4, 0.5) is 0 Å². The van der Waals surface area contributed by atoms with Crippen LogP contribution in [0.2, 0.25) is 0 Å². The van der Waals surface area contributed by atoms with Crippen LogP contribution in [-0.2, 0) is 19.1 Å². The number of ether oxygens (including phenoxy) is 1. The van der Waals surface area contributed by atoms with Gasteiger partial charge in [-0.15, -0.1) is 0 Å². The molecule has 5 aliphatic rings. The maximum Gasteiger partial charge on any atom is 0.302 e. The van der Waals surface area contributed by atoms with Crippen LogP contribution in [-0.4, -0.2) is 40.7 Å². The number of carbonyl (C=O) groups excluding carboxylic acids is 3. The van der Waals surface area contributed by atoms with Crippen molar-refractivity contribution in [3.8, 4) is 0 Å². The summed E-state index contributed by atoms with van der Waals surface area (Å²) < 4.78 is 6.03. The number of nitrogens with zero attached hydrogens (tertiary/aromatic N) is 1. The highest BCUT2D eigenvalue weighted by Gasteiger charge is 2.72. The Balaban J connectivity index is 1.64. The van der Waals surface area contributed by atoms with Crippen LogP contribution < -0.4 is 0 Å². The fourth-order valence-corrected chi connectivity index (χ4v) is 12.4. The zero-order valence-electron chi connectivity index (χ0n) is 29.4. The molecule has 0 aromatic carbocycles. The van der Waals surface area contributed by atoms with Gasteiger partial charge in [0.2, 0.25) is 5.91 Å². The molecular weight excluding hydrogens is 534 g/mol. The largest absolute Gasteiger partial charge is 0.461 e. The highest BCUT2D eigenvalue weighted by molar-refractivity contribution is 5.96. The van der Waals surface area contributed by atoms with E-state index < -0.39 is 11.5 Å². The van der Waals surface area contributed by atoms with Crippen molar-refractivity contribution in [3.63, 3.8) is 0 Å². The van der Waals surface area contributed by atoms with Gasteiger partial charge < -0.3 is 9.64 Å². The first kappa shape index (κ1) is 32.7. The Morgan fingerprint density at radius 3 is 2.09 bits per heavy atom. The van der Waals surface area contributed by atoms with Gasteiger partial charge in [0.1, 0.15) is 6.10 Å². The Hall–Kier alpha value is -1.65. The van der Waals surface area contributed by atoms with Crippen LogP contribution in [0.15, 0.2) is 11.6 Å². The van der Waals surface area contributed by atoms with Crippen LogP contribution in [0.3, 0.4) is 0 Å². The number of ketones is 1. The second kappa shape index (κ2) is 10.4. The molecule has 5 rings (SSSR count). The molecular formula is C38H61NO4. The predicted molar refractivity (Wildman–Crippen MR) is 172 cm³/mol. The van der Waals surface area contributed by atoms with Crippen LogP contribution in [0, 0.1) is 56.7 Å². The maximum absolute atomic E-state index is 14.8. The monoisotopic (exact) mass is 595 g/mol. The first-order chi connectivity index (χ1) is 19.8. The van der Waals surface area contributed by atoms with Gasteiger partial charge >= 0.3 is 5.97 Å². The fraction of sp³-hybridized carbons (Fsp3) is 0.868. The highest BCUT2D eigenvalue weighted by Crippen LogP contribution is 2.75. The number of hydrogen-bond donors (Lipinski definition) is 0. The summed E-state index contributed by atoms with van der Waals surface area (Å²) >= 11 is 0. The molecule has 0 bridgehead atoms. The van der Waals surface area contributed by atoms with Crippen molar-refractivity contribution in [2.45, 2.75) is 153 Å². The third-order valence-corrected chi connectivity index (χ3v) is 14.9. The minimum Gasteiger partial charge on any atom is -0.461 e. The smallest absolute Gasteiger partial charge is 0.302 e. The molecule has 0 N–H and O–H groups in total. The number of rotatable bonds is 4. The third-order valence-electron chi connectivity index (χ3n) is 14.9. The van der Waals surface area contributed by atoms with Crippen molar-refractivity contribution in [3.05, 3.63) is 11.6 Å². The predicted octanol–water partition coefficient (Wildman–Crippen LogP) is 8.40. The number of carbonyl (C=O) groups is 3. The molecule has 5 aliphatic carbocycles. The lowest BCUT2D eigenvalue weighted by Crippen LogP contribution is -2.69. The molecule has 1 amide bonds. The third kappa shape index (κ3) is 4.38. The van der Waals surface area contributed by atoms with Crippen molar-refractivity contribution in [1.29, 1.82) is 0 Å². The van der Waals surface area contributed by atoms with E-state index in [1.165, 1.54) is 31.8 Å². The molecule has 4 fully saturated rings. The van der Waals surface area contributed by atoms with E-state index in [1.54, 1.807) is 0 Å². The molecule has 4 saturated carbocycles. The summed E-state index contributed by atoms with van der Waals surface area (Å²) in [5.41, 5.74) is 0.260. The average molecular weight is 596 g/mol. The van der Waals surface area contributed by atoms with E-state index in [0.29, 0.717) is 30.0 Å². The molecule has 0 aromatic rings. The van der Waals surface area contributed by atoms with E-state index in [0.717, 1.165) is 25.7 Å². The van der Waals surface area contributed by atoms with Crippen LogP contribution in [0.1, 0.15) is 134 Å². The lowest BCUT2D eigenvalue weighted by molar-refractivity contribution is -0.219.